The monoisotopic (exact) mass is 427 g/mol. The lowest BCUT2D eigenvalue weighted by molar-refractivity contribution is -0.156. The zero-order valence-electron chi connectivity index (χ0n) is 15.2. The van der Waals surface area contributed by atoms with Gasteiger partial charge in [0.25, 0.3) is 0 Å². The third-order valence-corrected chi connectivity index (χ3v) is 4.14. The van der Waals surface area contributed by atoms with E-state index >= 15 is 0 Å². The molecule has 0 saturated heterocycles. The molecule has 1 N–H and O–H groups in total. The Balaban J connectivity index is 1.90. The lowest BCUT2D eigenvalue weighted by atomic mass is 10.1. The van der Waals surface area contributed by atoms with E-state index in [9.17, 15) is 26.7 Å². The van der Waals surface area contributed by atoms with Gasteiger partial charge in [0.1, 0.15) is 12.3 Å². The summed E-state index contributed by atoms with van der Waals surface area (Å²) >= 11 is 0. The molecule has 0 unspecified atom stereocenters. The molecule has 0 radical (unpaired) electrons. The standard InChI is InChI=1S/C20H14F5NO4/c21-14-8-11(6-7-16(27)28)9-15(22)18(14)29-10-13-17(12-4-2-1-3-5-12)26-30-19(13)20(23,24)25/h1-5,8-9H,6-7,10H2,(H,27,28). The molecule has 1 aromatic heterocycles. The van der Waals surface area contributed by atoms with Crippen LogP contribution in [0.5, 0.6) is 5.75 Å². The number of hydrogen-bond acceptors (Lipinski definition) is 4. The Morgan fingerprint density at radius 3 is 2.30 bits per heavy atom. The molecule has 0 bridgehead atoms. The Morgan fingerprint density at radius 1 is 1.10 bits per heavy atom. The third-order valence-electron chi connectivity index (χ3n) is 4.14. The summed E-state index contributed by atoms with van der Waals surface area (Å²) < 4.78 is 77.8. The van der Waals surface area contributed by atoms with Crippen LogP contribution in [0.2, 0.25) is 0 Å². The fraction of sp³-hybridized carbons (Fsp3) is 0.200. The van der Waals surface area contributed by atoms with Gasteiger partial charge in [-0.05, 0) is 24.1 Å². The minimum absolute atomic E-state index is 0.0747. The van der Waals surface area contributed by atoms with Gasteiger partial charge in [-0.2, -0.15) is 13.2 Å². The number of aromatic nitrogens is 1. The summed E-state index contributed by atoms with van der Waals surface area (Å²) in [5.41, 5.74) is -0.296. The number of rotatable bonds is 7. The minimum Gasteiger partial charge on any atom is -0.483 e. The highest BCUT2D eigenvalue weighted by Crippen LogP contribution is 2.37. The second-order valence-electron chi connectivity index (χ2n) is 6.27. The fourth-order valence-corrected chi connectivity index (χ4v) is 2.78. The number of aliphatic carboxylic acids is 1. The van der Waals surface area contributed by atoms with E-state index in [4.69, 9.17) is 9.84 Å². The number of nitrogens with zero attached hydrogens (tertiary/aromatic N) is 1. The normalized spacial score (nSPS) is 11.5. The van der Waals surface area contributed by atoms with Gasteiger partial charge in [-0.3, -0.25) is 4.79 Å². The molecule has 30 heavy (non-hydrogen) atoms. The van der Waals surface area contributed by atoms with Crippen molar-refractivity contribution in [1.29, 1.82) is 0 Å². The van der Waals surface area contributed by atoms with E-state index in [2.05, 4.69) is 9.68 Å². The largest absolute Gasteiger partial charge is 0.483 e. The first-order chi connectivity index (χ1) is 14.2. The van der Waals surface area contributed by atoms with Crippen LogP contribution in [-0.4, -0.2) is 16.2 Å². The van der Waals surface area contributed by atoms with Gasteiger partial charge in [-0.15, -0.1) is 0 Å². The first-order valence-electron chi connectivity index (χ1n) is 8.60. The van der Waals surface area contributed by atoms with Gasteiger partial charge in [-0.1, -0.05) is 35.5 Å². The second kappa shape index (κ2) is 8.52. The van der Waals surface area contributed by atoms with E-state index in [1.807, 2.05) is 0 Å². The summed E-state index contributed by atoms with van der Waals surface area (Å²) in [6, 6.07) is 9.56. The summed E-state index contributed by atoms with van der Waals surface area (Å²) in [5.74, 6) is -5.79. The number of halogens is 5. The maximum absolute atomic E-state index is 14.2. The van der Waals surface area contributed by atoms with Gasteiger partial charge >= 0.3 is 12.1 Å². The molecule has 0 aliphatic heterocycles. The highest BCUT2D eigenvalue weighted by molar-refractivity contribution is 5.67. The van der Waals surface area contributed by atoms with Crippen LogP contribution < -0.4 is 4.74 Å². The van der Waals surface area contributed by atoms with E-state index in [-0.39, 0.29) is 24.1 Å². The third kappa shape index (κ3) is 4.76. The number of carboxylic acids is 1. The van der Waals surface area contributed by atoms with Crippen LogP contribution in [0.15, 0.2) is 47.0 Å². The molecule has 158 valence electrons. The second-order valence-corrected chi connectivity index (χ2v) is 6.27. The molecule has 0 aliphatic rings. The van der Waals surface area contributed by atoms with Crippen LogP contribution >= 0.6 is 0 Å². The molecule has 5 nitrogen and oxygen atoms in total. The molecule has 0 aliphatic carbocycles. The summed E-state index contributed by atoms with van der Waals surface area (Å²) in [7, 11) is 0. The highest BCUT2D eigenvalue weighted by Gasteiger charge is 2.41. The van der Waals surface area contributed by atoms with Crippen LogP contribution in [0.3, 0.4) is 0 Å². The molecule has 3 rings (SSSR count). The quantitative estimate of drug-likeness (QED) is 0.523. The minimum atomic E-state index is -4.89. The van der Waals surface area contributed by atoms with Crippen molar-refractivity contribution in [2.75, 3.05) is 0 Å². The molecule has 0 spiro atoms. The molecule has 10 heteroatoms. The van der Waals surface area contributed by atoms with Crippen molar-refractivity contribution in [2.24, 2.45) is 0 Å². The van der Waals surface area contributed by atoms with Crippen LogP contribution in [0.25, 0.3) is 11.3 Å². The van der Waals surface area contributed by atoms with E-state index in [1.54, 1.807) is 18.2 Å². The number of ether oxygens (including phenoxy) is 1. The van der Waals surface area contributed by atoms with Crippen molar-refractivity contribution in [3.8, 4) is 17.0 Å². The van der Waals surface area contributed by atoms with Crippen molar-refractivity contribution < 1.29 is 41.1 Å². The predicted molar refractivity (Wildman–Crippen MR) is 93.6 cm³/mol. The molecule has 0 atom stereocenters. The number of hydrogen-bond donors (Lipinski definition) is 1. The summed E-state index contributed by atoms with van der Waals surface area (Å²) in [6.45, 7) is -0.856. The predicted octanol–water partition coefficient (Wildman–Crippen LogP) is 5.23. The first kappa shape index (κ1) is 21.3. The smallest absolute Gasteiger partial charge is 0.452 e. The molecule has 0 fully saturated rings. The Labute approximate surface area is 166 Å². The molecular formula is C20H14F5NO4. The van der Waals surface area contributed by atoms with Crippen molar-refractivity contribution in [3.05, 3.63) is 71.0 Å². The van der Waals surface area contributed by atoms with Crippen LogP contribution in [-0.2, 0) is 24.0 Å². The molecule has 0 saturated carbocycles. The fourth-order valence-electron chi connectivity index (χ4n) is 2.78. The average Bonchev–Trinajstić information content (AvgIpc) is 3.11. The summed E-state index contributed by atoms with van der Waals surface area (Å²) in [6.07, 6.45) is -5.35. The van der Waals surface area contributed by atoms with Gasteiger partial charge in [0.15, 0.2) is 17.4 Å². The molecule has 0 amide bonds. The Hall–Kier alpha value is -3.43. The van der Waals surface area contributed by atoms with E-state index in [0.717, 1.165) is 12.1 Å². The zero-order chi connectivity index (χ0) is 21.9. The van der Waals surface area contributed by atoms with Crippen molar-refractivity contribution in [3.63, 3.8) is 0 Å². The van der Waals surface area contributed by atoms with Crippen molar-refractivity contribution in [2.45, 2.75) is 25.6 Å². The maximum atomic E-state index is 14.2. The van der Waals surface area contributed by atoms with E-state index in [0.29, 0.717) is 5.56 Å². The number of carbonyl (C=O) groups is 1. The Bertz CT molecular complexity index is 1020. The molecule has 1 heterocycles. The highest BCUT2D eigenvalue weighted by atomic mass is 19.4. The molecule has 2 aromatic carbocycles. The van der Waals surface area contributed by atoms with Crippen LogP contribution in [0, 0.1) is 11.6 Å². The van der Waals surface area contributed by atoms with Crippen molar-refractivity contribution in [1.82, 2.24) is 5.16 Å². The summed E-state index contributed by atoms with van der Waals surface area (Å²) in [5, 5.41) is 12.1. The van der Waals surface area contributed by atoms with Gasteiger partial charge in [0, 0.05) is 12.0 Å². The topological polar surface area (TPSA) is 72.6 Å². The summed E-state index contributed by atoms with van der Waals surface area (Å²) in [4.78, 5) is 10.6. The van der Waals surface area contributed by atoms with Crippen LogP contribution in [0.4, 0.5) is 22.0 Å². The lowest BCUT2D eigenvalue weighted by Gasteiger charge is -2.11. The van der Waals surface area contributed by atoms with Gasteiger partial charge < -0.3 is 14.4 Å². The number of alkyl halides is 3. The van der Waals surface area contributed by atoms with Crippen LogP contribution in [0.1, 0.15) is 23.3 Å². The Morgan fingerprint density at radius 2 is 1.73 bits per heavy atom. The zero-order valence-corrected chi connectivity index (χ0v) is 15.2. The SMILES string of the molecule is O=C(O)CCc1cc(F)c(OCc2c(-c3ccccc3)noc2C(F)(F)F)c(F)c1. The Kier molecular flexibility index (Phi) is 6.04. The number of benzene rings is 2. The maximum Gasteiger partial charge on any atom is 0.452 e. The average molecular weight is 427 g/mol. The van der Waals surface area contributed by atoms with Gasteiger partial charge in [0.05, 0.1) is 5.56 Å². The van der Waals surface area contributed by atoms with Gasteiger partial charge in [0.2, 0.25) is 5.76 Å². The van der Waals surface area contributed by atoms with E-state index < -0.39 is 47.5 Å². The van der Waals surface area contributed by atoms with E-state index in [1.165, 1.54) is 12.1 Å². The first-order valence-corrected chi connectivity index (χ1v) is 8.60. The lowest BCUT2D eigenvalue weighted by Crippen LogP contribution is -2.10. The molecule has 3 aromatic rings. The molecular weight excluding hydrogens is 413 g/mol. The number of carboxylic acid groups (broad SMARTS) is 1. The number of aryl methyl sites for hydroxylation is 1. The van der Waals surface area contributed by atoms with Crippen molar-refractivity contribution >= 4 is 5.97 Å². The van der Waals surface area contributed by atoms with Gasteiger partial charge in [-0.25, -0.2) is 8.78 Å².